The largest absolute Gasteiger partial charge is 0.479 e. The quantitative estimate of drug-likeness (QED) is 0.427. The number of nitrogens with zero attached hydrogens (tertiary/aromatic N) is 2. The molecule has 3 nitrogen and oxygen atoms in total. The number of ether oxygens (including phenoxy) is 1. The van der Waals surface area contributed by atoms with Crippen LogP contribution in [-0.2, 0) is 5.54 Å². The van der Waals surface area contributed by atoms with Crippen LogP contribution in [0.25, 0.3) is 0 Å². The second kappa shape index (κ2) is 10.1. The van der Waals surface area contributed by atoms with Crippen molar-refractivity contribution in [2.24, 2.45) is 0 Å². The van der Waals surface area contributed by atoms with Crippen molar-refractivity contribution in [1.82, 2.24) is 9.55 Å². The highest BCUT2D eigenvalue weighted by Gasteiger charge is 2.29. The van der Waals surface area contributed by atoms with E-state index in [1.54, 1.807) is 7.11 Å². The van der Waals surface area contributed by atoms with Gasteiger partial charge in [-0.3, -0.25) is 0 Å². The summed E-state index contributed by atoms with van der Waals surface area (Å²) in [5.74, 6) is 0.536. The topological polar surface area (TPSA) is 27.1 Å². The van der Waals surface area contributed by atoms with Gasteiger partial charge in [0.25, 0.3) is 5.88 Å². The van der Waals surface area contributed by atoms with Crippen molar-refractivity contribution in [2.45, 2.75) is 90.5 Å². The second-order valence-electron chi connectivity index (χ2n) is 6.53. The van der Waals surface area contributed by atoms with Gasteiger partial charge in [-0.05, 0) is 19.8 Å². The van der Waals surface area contributed by atoms with Crippen LogP contribution in [0.4, 0.5) is 0 Å². The van der Waals surface area contributed by atoms with Crippen molar-refractivity contribution in [1.29, 1.82) is 0 Å². The molecule has 1 unspecified atom stereocenters. The highest BCUT2D eigenvalue weighted by atomic mass is 35.5. The first-order valence-corrected chi connectivity index (χ1v) is 9.24. The number of hydrogen-bond acceptors (Lipinski definition) is 2. The molecule has 1 atom stereocenters. The molecule has 0 saturated carbocycles. The van der Waals surface area contributed by atoms with Gasteiger partial charge >= 0.3 is 0 Å². The second-order valence-corrected chi connectivity index (χ2v) is 6.89. The molecule has 0 aliphatic carbocycles. The molecule has 0 N–H and O–H groups in total. The molecule has 0 fully saturated rings. The summed E-state index contributed by atoms with van der Waals surface area (Å²) in [5.41, 5.74) is 0.0439. The summed E-state index contributed by atoms with van der Waals surface area (Å²) >= 11 is 6.46. The van der Waals surface area contributed by atoms with Crippen LogP contribution in [0.15, 0.2) is 6.33 Å². The van der Waals surface area contributed by atoms with Crippen LogP contribution in [0.3, 0.4) is 0 Å². The summed E-state index contributed by atoms with van der Waals surface area (Å²) in [4.78, 5) is 4.30. The maximum Gasteiger partial charge on any atom is 0.251 e. The van der Waals surface area contributed by atoms with E-state index in [2.05, 4.69) is 30.3 Å². The fourth-order valence-electron chi connectivity index (χ4n) is 3.06. The Kier molecular flexibility index (Phi) is 8.92. The molecule has 0 spiro atoms. The van der Waals surface area contributed by atoms with Crippen molar-refractivity contribution in [3.05, 3.63) is 11.5 Å². The van der Waals surface area contributed by atoms with Gasteiger partial charge in [0.05, 0.1) is 7.11 Å². The van der Waals surface area contributed by atoms with Gasteiger partial charge in [0.2, 0.25) is 0 Å². The Labute approximate surface area is 141 Å². The lowest BCUT2D eigenvalue weighted by molar-refractivity contribution is 0.250. The van der Waals surface area contributed by atoms with Gasteiger partial charge in [0, 0.05) is 5.54 Å². The van der Waals surface area contributed by atoms with Crippen molar-refractivity contribution in [3.8, 4) is 5.88 Å². The monoisotopic (exact) mass is 328 g/mol. The zero-order valence-electron chi connectivity index (χ0n) is 14.8. The van der Waals surface area contributed by atoms with Gasteiger partial charge in [-0.2, -0.15) is 0 Å². The van der Waals surface area contributed by atoms with Gasteiger partial charge in [-0.1, -0.05) is 76.8 Å². The summed E-state index contributed by atoms with van der Waals surface area (Å²) in [6.45, 7) is 6.82. The average Bonchev–Trinajstić information content (AvgIpc) is 2.89. The number of hydrogen-bond donors (Lipinski definition) is 0. The first-order valence-electron chi connectivity index (χ1n) is 8.86. The predicted molar refractivity (Wildman–Crippen MR) is 95.0 cm³/mol. The molecule has 0 bridgehead atoms. The number of imidazole rings is 1. The van der Waals surface area contributed by atoms with Gasteiger partial charge in [0.1, 0.15) is 6.33 Å². The van der Waals surface area contributed by atoms with Crippen LogP contribution in [0, 0.1) is 0 Å². The lowest BCUT2D eigenvalue weighted by Crippen LogP contribution is -2.30. The maximum absolute atomic E-state index is 6.46. The molecule has 0 aliphatic heterocycles. The normalized spacial score (nSPS) is 14.0. The van der Waals surface area contributed by atoms with Crippen LogP contribution in [-0.4, -0.2) is 16.7 Å². The van der Waals surface area contributed by atoms with Crippen LogP contribution in [0.5, 0.6) is 5.88 Å². The first-order chi connectivity index (χ1) is 10.6. The molecule has 22 heavy (non-hydrogen) atoms. The Morgan fingerprint density at radius 3 is 2.14 bits per heavy atom. The van der Waals surface area contributed by atoms with E-state index in [0.29, 0.717) is 11.0 Å². The Morgan fingerprint density at radius 1 is 1.05 bits per heavy atom. The van der Waals surface area contributed by atoms with Crippen molar-refractivity contribution in [2.75, 3.05) is 7.11 Å². The smallest absolute Gasteiger partial charge is 0.251 e. The molecule has 0 radical (unpaired) electrons. The molecule has 0 aromatic carbocycles. The molecule has 128 valence electrons. The van der Waals surface area contributed by atoms with Gasteiger partial charge < -0.3 is 9.30 Å². The first kappa shape index (κ1) is 19.3. The number of halogens is 1. The van der Waals surface area contributed by atoms with Crippen LogP contribution in [0.1, 0.15) is 85.0 Å². The summed E-state index contributed by atoms with van der Waals surface area (Å²) in [6.07, 6.45) is 14.4. The lowest BCUT2D eigenvalue weighted by Gasteiger charge is -2.32. The number of aromatic nitrogens is 2. The van der Waals surface area contributed by atoms with Gasteiger partial charge in [-0.15, -0.1) is 0 Å². The zero-order valence-corrected chi connectivity index (χ0v) is 15.6. The minimum absolute atomic E-state index is 0.0439. The van der Waals surface area contributed by atoms with Crippen LogP contribution < -0.4 is 4.74 Å². The van der Waals surface area contributed by atoms with Crippen molar-refractivity contribution >= 4 is 11.6 Å². The van der Waals surface area contributed by atoms with Crippen LogP contribution in [0.2, 0.25) is 5.15 Å². The Bertz CT molecular complexity index is 419. The van der Waals surface area contributed by atoms with Crippen molar-refractivity contribution in [3.63, 3.8) is 0 Å². The maximum atomic E-state index is 6.46. The number of methoxy groups -OCH3 is 1. The minimum atomic E-state index is 0.0439. The minimum Gasteiger partial charge on any atom is -0.479 e. The highest BCUT2D eigenvalue weighted by Crippen LogP contribution is 2.36. The molecular formula is C18H33ClN2O. The molecule has 1 aromatic heterocycles. The van der Waals surface area contributed by atoms with E-state index in [0.717, 1.165) is 12.8 Å². The van der Waals surface area contributed by atoms with E-state index in [1.165, 1.54) is 51.4 Å². The molecule has 0 aliphatic rings. The summed E-state index contributed by atoms with van der Waals surface area (Å²) in [6, 6.07) is 0. The molecule has 1 aromatic rings. The van der Waals surface area contributed by atoms with Crippen molar-refractivity contribution < 1.29 is 4.74 Å². The van der Waals surface area contributed by atoms with E-state index in [-0.39, 0.29) is 5.54 Å². The summed E-state index contributed by atoms with van der Waals surface area (Å²) in [5, 5.41) is 0.634. The van der Waals surface area contributed by atoms with E-state index >= 15 is 0 Å². The summed E-state index contributed by atoms with van der Waals surface area (Å²) in [7, 11) is 1.62. The molecule has 0 amide bonds. The third kappa shape index (κ3) is 5.49. The predicted octanol–water partition coefficient (Wildman–Crippen LogP) is 6.20. The standard InChI is InChI=1S/C18H33ClN2O/c1-5-7-9-10-12-14-18(3,13-11-8-6-2)21-15-20-17(22-4)16(21)19/h15H,5-14H2,1-4H3. The zero-order chi connectivity index (χ0) is 16.4. The molecule has 1 heterocycles. The highest BCUT2D eigenvalue weighted by molar-refractivity contribution is 6.30. The van der Waals surface area contributed by atoms with Gasteiger partial charge in [0.15, 0.2) is 5.15 Å². The van der Waals surface area contributed by atoms with E-state index in [9.17, 15) is 0 Å². The third-order valence-corrected chi connectivity index (χ3v) is 4.93. The SMILES string of the molecule is CCCCCCCC(C)(CCCCC)n1cnc(OC)c1Cl. The van der Waals surface area contributed by atoms with Gasteiger partial charge in [-0.25, -0.2) is 4.98 Å². The molecule has 1 rings (SSSR count). The van der Waals surface area contributed by atoms with Crippen LogP contribution >= 0.6 is 11.6 Å². The number of unbranched alkanes of at least 4 members (excludes halogenated alkanes) is 6. The average molecular weight is 329 g/mol. The Balaban J connectivity index is 2.74. The number of rotatable bonds is 12. The van der Waals surface area contributed by atoms with E-state index < -0.39 is 0 Å². The third-order valence-electron chi connectivity index (χ3n) is 4.59. The fourth-order valence-corrected chi connectivity index (χ4v) is 3.44. The summed E-state index contributed by atoms with van der Waals surface area (Å²) < 4.78 is 7.37. The van der Waals surface area contributed by atoms with E-state index in [4.69, 9.17) is 16.3 Å². The lowest BCUT2D eigenvalue weighted by atomic mass is 9.88. The molecular weight excluding hydrogens is 296 g/mol. The molecule has 4 heteroatoms. The Morgan fingerprint density at radius 2 is 1.59 bits per heavy atom. The van der Waals surface area contributed by atoms with E-state index in [1.807, 2.05) is 6.33 Å². The Hall–Kier alpha value is -0.700. The molecule has 0 saturated heterocycles. The fraction of sp³-hybridized carbons (Fsp3) is 0.833.